The van der Waals surface area contributed by atoms with Crippen molar-refractivity contribution in [2.45, 2.75) is 12.8 Å². The fraction of sp³-hybridized carbons (Fsp3) is 0.133. The standard InChI is InChI=1S/C15H9F4NO2/c16-13-6-11(3-2-10(13)7-20)22-14-4-1-9(8-21)5-12(14)15(17,18)19/h1-6,21H,8H2. The van der Waals surface area contributed by atoms with Gasteiger partial charge in [-0.2, -0.15) is 18.4 Å². The molecule has 2 aromatic carbocycles. The summed E-state index contributed by atoms with van der Waals surface area (Å²) >= 11 is 0. The number of alkyl halides is 3. The van der Waals surface area contributed by atoms with Crippen LogP contribution in [0.1, 0.15) is 16.7 Å². The minimum Gasteiger partial charge on any atom is -0.457 e. The van der Waals surface area contributed by atoms with Crippen LogP contribution in [-0.2, 0) is 12.8 Å². The van der Waals surface area contributed by atoms with Crippen LogP contribution in [0.5, 0.6) is 11.5 Å². The van der Waals surface area contributed by atoms with Crippen LogP contribution in [0.3, 0.4) is 0 Å². The highest BCUT2D eigenvalue weighted by atomic mass is 19.4. The lowest BCUT2D eigenvalue weighted by atomic mass is 10.1. The van der Waals surface area contributed by atoms with Crippen molar-refractivity contribution in [3.05, 3.63) is 58.9 Å². The van der Waals surface area contributed by atoms with Crippen LogP contribution in [0.15, 0.2) is 36.4 Å². The summed E-state index contributed by atoms with van der Waals surface area (Å²) in [6.07, 6.45) is -4.69. The summed E-state index contributed by atoms with van der Waals surface area (Å²) in [7, 11) is 0. The van der Waals surface area contributed by atoms with Crippen LogP contribution >= 0.6 is 0 Å². The number of aliphatic hydroxyl groups is 1. The zero-order valence-corrected chi connectivity index (χ0v) is 11.0. The summed E-state index contributed by atoms with van der Waals surface area (Å²) in [6, 6.07) is 7.81. The quantitative estimate of drug-likeness (QED) is 0.872. The summed E-state index contributed by atoms with van der Waals surface area (Å²) in [5.41, 5.74) is -1.24. The third-order valence-corrected chi connectivity index (χ3v) is 2.82. The first kappa shape index (κ1) is 15.8. The van der Waals surface area contributed by atoms with E-state index in [0.29, 0.717) is 0 Å². The molecule has 0 aliphatic heterocycles. The van der Waals surface area contributed by atoms with E-state index in [1.54, 1.807) is 6.07 Å². The Balaban J connectivity index is 2.41. The molecule has 22 heavy (non-hydrogen) atoms. The summed E-state index contributed by atoms with van der Waals surface area (Å²) in [4.78, 5) is 0. The number of aliphatic hydroxyl groups excluding tert-OH is 1. The van der Waals surface area contributed by atoms with Crippen molar-refractivity contribution in [3.63, 3.8) is 0 Å². The van der Waals surface area contributed by atoms with E-state index in [4.69, 9.17) is 15.1 Å². The van der Waals surface area contributed by atoms with Gasteiger partial charge in [-0.15, -0.1) is 0 Å². The number of benzene rings is 2. The van der Waals surface area contributed by atoms with Crippen LogP contribution in [0, 0.1) is 17.1 Å². The normalized spacial score (nSPS) is 11.1. The molecule has 0 bridgehead atoms. The predicted octanol–water partition coefficient (Wildman–Crippen LogP) is 4.00. The highest BCUT2D eigenvalue weighted by molar-refractivity contribution is 5.43. The molecule has 2 rings (SSSR count). The smallest absolute Gasteiger partial charge is 0.419 e. The van der Waals surface area contributed by atoms with E-state index >= 15 is 0 Å². The molecular weight excluding hydrogens is 302 g/mol. The maximum absolute atomic E-state index is 13.4. The molecule has 0 amide bonds. The van der Waals surface area contributed by atoms with Gasteiger partial charge in [0.2, 0.25) is 0 Å². The maximum atomic E-state index is 13.4. The number of hydrogen-bond donors (Lipinski definition) is 1. The second kappa shape index (κ2) is 6.03. The summed E-state index contributed by atoms with van der Waals surface area (Å²) in [6.45, 7) is -0.547. The monoisotopic (exact) mass is 311 g/mol. The molecule has 0 unspecified atom stereocenters. The van der Waals surface area contributed by atoms with Crippen molar-refractivity contribution >= 4 is 0 Å². The van der Waals surface area contributed by atoms with Gasteiger partial charge < -0.3 is 9.84 Å². The van der Waals surface area contributed by atoms with Crippen LogP contribution in [-0.4, -0.2) is 5.11 Å². The minimum atomic E-state index is -4.69. The number of halogens is 4. The number of nitrogens with zero attached hydrogens (tertiary/aromatic N) is 1. The van der Waals surface area contributed by atoms with Gasteiger partial charge in [0.25, 0.3) is 0 Å². The fourth-order valence-electron chi connectivity index (χ4n) is 1.76. The zero-order chi connectivity index (χ0) is 16.3. The molecule has 114 valence electrons. The van der Waals surface area contributed by atoms with Crippen LogP contribution in [0.4, 0.5) is 17.6 Å². The molecular formula is C15H9F4NO2. The van der Waals surface area contributed by atoms with Gasteiger partial charge in [-0.25, -0.2) is 4.39 Å². The Bertz CT molecular complexity index is 735. The van der Waals surface area contributed by atoms with Crippen molar-refractivity contribution < 1.29 is 27.4 Å². The lowest BCUT2D eigenvalue weighted by molar-refractivity contribution is -0.138. The molecule has 0 saturated carbocycles. The Kier molecular flexibility index (Phi) is 4.33. The van der Waals surface area contributed by atoms with Gasteiger partial charge in [-0.3, -0.25) is 0 Å². The van der Waals surface area contributed by atoms with E-state index in [1.165, 1.54) is 12.1 Å². The van der Waals surface area contributed by atoms with Crippen molar-refractivity contribution in [2.24, 2.45) is 0 Å². The Hall–Kier alpha value is -2.59. The predicted molar refractivity (Wildman–Crippen MR) is 68.6 cm³/mol. The second-order valence-electron chi connectivity index (χ2n) is 4.34. The second-order valence-corrected chi connectivity index (χ2v) is 4.34. The van der Waals surface area contributed by atoms with Crippen molar-refractivity contribution in [2.75, 3.05) is 0 Å². The van der Waals surface area contributed by atoms with E-state index < -0.39 is 29.9 Å². The van der Waals surface area contributed by atoms with E-state index in [0.717, 1.165) is 24.3 Å². The molecule has 3 nitrogen and oxygen atoms in total. The average Bonchev–Trinajstić information content (AvgIpc) is 2.47. The third kappa shape index (κ3) is 3.35. The largest absolute Gasteiger partial charge is 0.457 e. The lowest BCUT2D eigenvalue weighted by Gasteiger charge is -2.15. The third-order valence-electron chi connectivity index (χ3n) is 2.82. The fourth-order valence-corrected chi connectivity index (χ4v) is 1.76. The Morgan fingerprint density at radius 2 is 1.86 bits per heavy atom. The van der Waals surface area contributed by atoms with Crippen molar-refractivity contribution in [3.8, 4) is 17.6 Å². The summed E-state index contributed by atoms with van der Waals surface area (Å²) in [5.74, 6) is -1.58. The van der Waals surface area contributed by atoms with Crippen LogP contribution < -0.4 is 4.74 Å². The van der Waals surface area contributed by atoms with Gasteiger partial charge >= 0.3 is 6.18 Å². The first-order valence-corrected chi connectivity index (χ1v) is 6.03. The van der Waals surface area contributed by atoms with Crippen molar-refractivity contribution in [1.82, 2.24) is 0 Å². The molecule has 0 fully saturated rings. The molecule has 2 aromatic rings. The molecule has 0 aliphatic carbocycles. The maximum Gasteiger partial charge on any atom is 0.419 e. The zero-order valence-electron chi connectivity index (χ0n) is 11.0. The van der Waals surface area contributed by atoms with Gasteiger partial charge in [0.05, 0.1) is 17.7 Å². The molecule has 0 aromatic heterocycles. The Labute approximate surface area is 123 Å². The molecule has 0 saturated heterocycles. The van der Waals surface area contributed by atoms with Crippen molar-refractivity contribution in [1.29, 1.82) is 5.26 Å². The first-order valence-electron chi connectivity index (χ1n) is 6.03. The molecule has 0 spiro atoms. The molecule has 1 N–H and O–H groups in total. The number of hydrogen-bond acceptors (Lipinski definition) is 3. The topological polar surface area (TPSA) is 53.2 Å². The highest BCUT2D eigenvalue weighted by Crippen LogP contribution is 2.38. The van der Waals surface area contributed by atoms with Gasteiger partial charge in [0.1, 0.15) is 23.4 Å². The molecule has 0 radical (unpaired) electrons. The number of nitriles is 1. The van der Waals surface area contributed by atoms with E-state index in [-0.39, 0.29) is 16.9 Å². The highest BCUT2D eigenvalue weighted by Gasteiger charge is 2.34. The molecule has 0 aliphatic rings. The summed E-state index contributed by atoms with van der Waals surface area (Å²) in [5, 5.41) is 17.5. The van der Waals surface area contributed by atoms with Gasteiger partial charge in [0, 0.05) is 6.07 Å². The van der Waals surface area contributed by atoms with Crippen LogP contribution in [0.25, 0.3) is 0 Å². The SMILES string of the molecule is N#Cc1ccc(Oc2ccc(CO)cc2C(F)(F)F)cc1F. The average molecular weight is 311 g/mol. The van der Waals surface area contributed by atoms with E-state index in [9.17, 15) is 17.6 Å². The minimum absolute atomic E-state index is 0.0747. The number of rotatable bonds is 3. The molecule has 0 heterocycles. The Morgan fingerprint density at radius 3 is 2.41 bits per heavy atom. The van der Waals surface area contributed by atoms with Crippen LogP contribution in [0.2, 0.25) is 0 Å². The van der Waals surface area contributed by atoms with Gasteiger partial charge in [-0.05, 0) is 29.8 Å². The molecule has 0 atom stereocenters. The van der Waals surface area contributed by atoms with E-state index in [1.807, 2.05) is 0 Å². The number of ether oxygens (including phenoxy) is 1. The van der Waals surface area contributed by atoms with Gasteiger partial charge in [-0.1, -0.05) is 6.07 Å². The molecule has 7 heteroatoms. The Morgan fingerprint density at radius 1 is 1.14 bits per heavy atom. The van der Waals surface area contributed by atoms with Gasteiger partial charge in [0.15, 0.2) is 0 Å². The first-order chi connectivity index (χ1) is 10.3. The summed E-state index contributed by atoms with van der Waals surface area (Å²) < 4.78 is 57.5. The lowest BCUT2D eigenvalue weighted by Crippen LogP contribution is -2.08. The van der Waals surface area contributed by atoms with E-state index in [2.05, 4.69) is 0 Å².